The van der Waals surface area contributed by atoms with Crippen LogP contribution in [0.1, 0.15) is 51.4 Å². The van der Waals surface area contributed by atoms with Gasteiger partial charge in [0.25, 0.3) is 0 Å². The largest absolute Gasteiger partial charge is 0.341 e. The molecule has 5 fully saturated rings. The highest BCUT2D eigenvalue weighted by molar-refractivity contribution is 6.21. The van der Waals surface area contributed by atoms with E-state index < -0.39 is 24.2 Å². The molecule has 176 valence electrons. The van der Waals surface area contributed by atoms with Crippen LogP contribution in [-0.4, -0.2) is 81.4 Å². The molecule has 5 aliphatic rings. The summed E-state index contributed by atoms with van der Waals surface area (Å²) < 4.78 is 0. The van der Waals surface area contributed by atoms with Crippen molar-refractivity contribution in [2.75, 3.05) is 13.1 Å². The van der Waals surface area contributed by atoms with Crippen molar-refractivity contribution in [1.82, 2.24) is 20.4 Å². The van der Waals surface area contributed by atoms with E-state index in [0.717, 1.165) is 25.7 Å². The Hall–Kier alpha value is -1.54. The minimum Gasteiger partial charge on any atom is -0.341 e. The van der Waals surface area contributed by atoms with E-state index in [-0.39, 0.29) is 46.2 Å². The summed E-state index contributed by atoms with van der Waals surface area (Å²) >= 11 is 12.7. The molecule has 3 saturated heterocycles. The van der Waals surface area contributed by atoms with Gasteiger partial charge in [-0.2, -0.15) is 0 Å². The maximum absolute atomic E-state index is 13.2. The molecule has 6 unspecified atom stereocenters. The number of nitrogens with one attached hydrogen (secondary N) is 2. The SMILES string of the molecule is O=C1NC(C2CCC(Cl)CN2C(=O)C2CC2)C(=O)NC1C1CCC(Cl)CN1C(=O)C1CC1. The third kappa shape index (κ3) is 4.32. The summed E-state index contributed by atoms with van der Waals surface area (Å²) in [7, 11) is 0. The van der Waals surface area contributed by atoms with Crippen LogP contribution >= 0.6 is 23.2 Å². The Bertz CT molecular complexity index is 752. The average Bonchev–Trinajstić information content (AvgIpc) is 3.67. The normalized spacial score (nSPS) is 38.2. The molecule has 10 heteroatoms. The second-order valence-electron chi connectivity index (χ2n) is 9.99. The monoisotopic (exact) mass is 484 g/mol. The number of piperidine rings is 2. The fourth-order valence-electron chi connectivity index (χ4n) is 5.38. The predicted molar refractivity (Wildman–Crippen MR) is 118 cm³/mol. The first-order chi connectivity index (χ1) is 15.3. The highest BCUT2D eigenvalue weighted by atomic mass is 35.5. The predicted octanol–water partition coefficient (Wildman–Crippen LogP) is 0.986. The second-order valence-corrected chi connectivity index (χ2v) is 11.2. The van der Waals surface area contributed by atoms with Crippen molar-refractivity contribution in [2.24, 2.45) is 11.8 Å². The molecular formula is C22H30Cl2N4O4. The van der Waals surface area contributed by atoms with Crippen molar-refractivity contribution in [3.63, 3.8) is 0 Å². The lowest BCUT2D eigenvalue weighted by molar-refractivity contribution is -0.148. The van der Waals surface area contributed by atoms with E-state index in [1.165, 1.54) is 0 Å². The van der Waals surface area contributed by atoms with Crippen molar-refractivity contribution >= 4 is 46.8 Å². The van der Waals surface area contributed by atoms with Gasteiger partial charge in [0.15, 0.2) is 0 Å². The standard InChI is InChI=1S/C22H30Cl2N4O4/c23-13-5-7-15(27(9-13)21(31)11-1-2-11)17-19(29)26-18(20(30)25-17)16-8-6-14(24)10-28(16)22(32)12-3-4-12/h11-18H,1-10H2,(H,25,30)(H,26,29). The van der Waals surface area contributed by atoms with Crippen LogP contribution in [-0.2, 0) is 19.2 Å². The maximum Gasteiger partial charge on any atom is 0.245 e. The average molecular weight is 485 g/mol. The van der Waals surface area contributed by atoms with Crippen molar-refractivity contribution in [3.8, 4) is 0 Å². The van der Waals surface area contributed by atoms with Crippen LogP contribution in [0.5, 0.6) is 0 Å². The van der Waals surface area contributed by atoms with E-state index >= 15 is 0 Å². The van der Waals surface area contributed by atoms with Gasteiger partial charge in [-0.05, 0) is 51.4 Å². The number of carbonyl (C=O) groups is 4. The Balaban J connectivity index is 1.31. The van der Waals surface area contributed by atoms with Crippen LogP contribution in [0.15, 0.2) is 0 Å². The number of carbonyl (C=O) groups excluding carboxylic acids is 4. The zero-order chi connectivity index (χ0) is 22.6. The van der Waals surface area contributed by atoms with Gasteiger partial charge in [0, 0.05) is 24.9 Å². The molecule has 2 N–H and O–H groups in total. The number of halogens is 2. The van der Waals surface area contributed by atoms with Gasteiger partial charge in [0.05, 0.1) is 22.8 Å². The Morgan fingerprint density at radius 2 is 1.03 bits per heavy atom. The van der Waals surface area contributed by atoms with Crippen LogP contribution in [0.2, 0.25) is 0 Å². The molecule has 0 aromatic heterocycles. The molecule has 8 nitrogen and oxygen atoms in total. The summed E-state index contributed by atoms with van der Waals surface area (Å²) in [6.07, 6.45) is 5.99. The molecule has 3 heterocycles. The zero-order valence-electron chi connectivity index (χ0n) is 18.0. The van der Waals surface area contributed by atoms with Gasteiger partial charge in [-0.15, -0.1) is 23.2 Å². The number of likely N-dealkylation sites (tertiary alicyclic amines) is 2. The van der Waals surface area contributed by atoms with Crippen LogP contribution in [0, 0.1) is 11.8 Å². The Morgan fingerprint density at radius 3 is 1.38 bits per heavy atom. The topological polar surface area (TPSA) is 98.8 Å². The van der Waals surface area contributed by atoms with Gasteiger partial charge in [0.1, 0.15) is 12.1 Å². The summed E-state index contributed by atoms with van der Waals surface area (Å²) in [6.45, 7) is 0.794. The van der Waals surface area contributed by atoms with Gasteiger partial charge in [-0.25, -0.2) is 0 Å². The maximum atomic E-state index is 13.2. The fraction of sp³-hybridized carbons (Fsp3) is 0.818. The van der Waals surface area contributed by atoms with E-state index in [2.05, 4.69) is 10.6 Å². The summed E-state index contributed by atoms with van der Waals surface area (Å²) in [5.74, 6) is -0.497. The van der Waals surface area contributed by atoms with E-state index in [1.807, 2.05) is 0 Å². The number of amides is 4. The summed E-state index contributed by atoms with van der Waals surface area (Å²) in [5.41, 5.74) is 0. The number of hydrogen-bond donors (Lipinski definition) is 2. The number of piperazine rings is 1. The van der Waals surface area contributed by atoms with Gasteiger partial charge in [-0.1, -0.05) is 0 Å². The molecule has 5 rings (SSSR count). The Kier molecular flexibility index (Phi) is 6.03. The molecule has 6 atom stereocenters. The number of nitrogens with zero attached hydrogens (tertiary/aromatic N) is 2. The molecule has 0 spiro atoms. The summed E-state index contributed by atoms with van der Waals surface area (Å²) in [5, 5.41) is 5.51. The number of alkyl halides is 2. The zero-order valence-corrected chi connectivity index (χ0v) is 19.5. The summed E-state index contributed by atoms with van der Waals surface area (Å²) in [6, 6.07) is -2.40. The van der Waals surface area contributed by atoms with Crippen molar-refractivity contribution in [1.29, 1.82) is 0 Å². The first kappa shape index (κ1) is 22.3. The van der Waals surface area contributed by atoms with Gasteiger partial charge >= 0.3 is 0 Å². The lowest BCUT2D eigenvalue weighted by Gasteiger charge is -2.47. The number of hydrogen-bond acceptors (Lipinski definition) is 4. The third-order valence-electron chi connectivity index (χ3n) is 7.49. The smallest absolute Gasteiger partial charge is 0.245 e. The van der Waals surface area contributed by atoms with Crippen molar-refractivity contribution < 1.29 is 19.2 Å². The molecule has 0 radical (unpaired) electrons. The fourth-order valence-corrected chi connectivity index (χ4v) is 5.93. The summed E-state index contributed by atoms with van der Waals surface area (Å²) in [4.78, 5) is 55.5. The Labute approximate surface area is 197 Å². The molecule has 4 amide bonds. The van der Waals surface area contributed by atoms with Gasteiger partial charge in [0.2, 0.25) is 23.6 Å². The highest BCUT2D eigenvalue weighted by Crippen LogP contribution is 2.36. The molecule has 3 aliphatic heterocycles. The number of rotatable bonds is 4. The molecule has 0 bridgehead atoms. The van der Waals surface area contributed by atoms with Crippen molar-refractivity contribution in [3.05, 3.63) is 0 Å². The molecule has 0 aromatic rings. The molecule has 32 heavy (non-hydrogen) atoms. The van der Waals surface area contributed by atoms with E-state index in [0.29, 0.717) is 38.8 Å². The molecule has 0 aromatic carbocycles. The molecule has 2 saturated carbocycles. The second kappa shape index (κ2) is 8.67. The highest BCUT2D eigenvalue weighted by Gasteiger charge is 2.50. The van der Waals surface area contributed by atoms with Gasteiger partial charge < -0.3 is 20.4 Å². The van der Waals surface area contributed by atoms with Gasteiger partial charge in [-0.3, -0.25) is 19.2 Å². The minimum atomic E-state index is -0.803. The van der Waals surface area contributed by atoms with Crippen LogP contribution in [0.3, 0.4) is 0 Å². The first-order valence-corrected chi connectivity index (χ1v) is 12.7. The van der Waals surface area contributed by atoms with E-state index in [1.54, 1.807) is 9.80 Å². The van der Waals surface area contributed by atoms with Crippen LogP contribution < -0.4 is 10.6 Å². The Morgan fingerprint density at radius 1 is 0.656 bits per heavy atom. The lowest BCUT2D eigenvalue weighted by atomic mass is 9.88. The quantitative estimate of drug-likeness (QED) is 0.581. The minimum absolute atomic E-state index is 0.0160. The lowest BCUT2D eigenvalue weighted by Crippen LogP contribution is -2.73. The van der Waals surface area contributed by atoms with E-state index in [4.69, 9.17) is 23.2 Å². The third-order valence-corrected chi connectivity index (χ3v) is 8.20. The van der Waals surface area contributed by atoms with Crippen LogP contribution in [0.4, 0.5) is 0 Å². The molecular weight excluding hydrogens is 455 g/mol. The van der Waals surface area contributed by atoms with E-state index in [9.17, 15) is 19.2 Å². The van der Waals surface area contributed by atoms with Crippen molar-refractivity contribution in [2.45, 2.75) is 86.3 Å². The van der Waals surface area contributed by atoms with Crippen LogP contribution in [0.25, 0.3) is 0 Å². The first-order valence-electron chi connectivity index (χ1n) is 11.8. The molecule has 2 aliphatic carbocycles.